The summed E-state index contributed by atoms with van der Waals surface area (Å²) in [6.07, 6.45) is 0.565. The molecule has 1 fully saturated rings. The molecule has 2 aromatic carbocycles. The van der Waals surface area contributed by atoms with Gasteiger partial charge in [-0.1, -0.05) is 48.0 Å². The van der Waals surface area contributed by atoms with Crippen LogP contribution in [0.3, 0.4) is 0 Å². The highest BCUT2D eigenvalue weighted by molar-refractivity contribution is 7.91. The molecule has 26 heavy (non-hydrogen) atoms. The largest absolute Gasteiger partial charge is 0.329 e. The Morgan fingerprint density at radius 1 is 1.23 bits per heavy atom. The zero-order valence-corrected chi connectivity index (χ0v) is 16.1. The summed E-state index contributed by atoms with van der Waals surface area (Å²) in [6, 6.07) is 14.1. The Balaban J connectivity index is 1.80. The van der Waals surface area contributed by atoms with Gasteiger partial charge in [0.25, 0.3) is 5.91 Å². The number of hydrogen-bond donors (Lipinski definition) is 2. The van der Waals surface area contributed by atoms with E-state index in [4.69, 9.17) is 11.6 Å². The second kappa shape index (κ2) is 7.78. The Morgan fingerprint density at radius 2 is 1.96 bits per heavy atom. The van der Waals surface area contributed by atoms with Crippen molar-refractivity contribution in [3.63, 3.8) is 0 Å². The normalized spacial score (nSPS) is 19.8. The predicted molar refractivity (Wildman–Crippen MR) is 103 cm³/mol. The lowest BCUT2D eigenvalue weighted by atomic mass is 10.0. The number of carbonyl (C=O) groups excluding carboxylic acids is 1. The fourth-order valence-corrected chi connectivity index (χ4v) is 5.09. The van der Waals surface area contributed by atoms with Crippen molar-refractivity contribution >= 4 is 33.0 Å². The summed E-state index contributed by atoms with van der Waals surface area (Å²) in [5.74, 6) is 0.102. The van der Waals surface area contributed by atoms with Crippen LogP contribution in [0.25, 0.3) is 0 Å². The van der Waals surface area contributed by atoms with Gasteiger partial charge in [0.05, 0.1) is 5.75 Å². The van der Waals surface area contributed by atoms with Crippen LogP contribution < -0.4 is 10.6 Å². The Bertz CT molecular complexity index is 900. The van der Waals surface area contributed by atoms with Gasteiger partial charge in [0.1, 0.15) is 11.8 Å². The first-order chi connectivity index (χ1) is 12.3. The molecule has 3 rings (SSSR count). The summed E-state index contributed by atoms with van der Waals surface area (Å²) in [5.41, 5.74) is 2.40. The van der Waals surface area contributed by atoms with Crippen molar-refractivity contribution in [2.24, 2.45) is 0 Å². The van der Waals surface area contributed by atoms with Crippen molar-refractivity contribution in [3.05, 3.63) is 64.7 Å². The molecular weight excluding hydrogens is 372 g/mol. The summed E-state index contributed by atoms with van der Waals surface area (Å²) >= 11 is 6.14. The first kappa shape index (κ1) is 18.9. The lowest BCUT2D eigenvalue weighted by Gasteiger charge is -2.19. The number of carbonyl (C=O) groups is 1. The molecule has 1 aliphatic heterocycles. The van der Waals surface area contributed by atoms with Gasteiger partial charge in [-0.2, -0.15) is 0 Å². The third kappa shape index (κ3) is 4.63. The number of halogens is 1. The molecule has 138 valence electrons. The van der Waals surface area contributed by atoms with Crippen molar-refractivity contribution in [2.45, 2.75) is 25.4 Å². The Kier molecular flexibility index (Phi) is 5.65. The van der Waals surface area contributed by atoms with Crippen LogP contribution in [-0.4, -0.2) is 31.9 Å². The summed E-state index contributed by atoms with van der Waals surface area (Å²) in [7, 11) is -3.00. The van der Waals surface area contributed by atoms with E-state index in [1.807, 2.05) is 48.6 Å². The minimum absolute atomic E-state index is 0.111. The Hall–Kier alpha value is -1.89. The first-order valence-corrected chi connectivity index (χ1v) is 10.7. The lowest BCUT2D eigenvalue weighted by molar-refractivity contribution is -0.710. The van der Waals surface area contributed by atoms with Crippen LogP contribution in [0.5, 0.6) is 0 Å². The topological polar surface area (TPSA) is 79.8 Å². The minimum atomic E-state index is -3.00. The minimum Gasteiger partial charge on any atom is -0.329 e. The molecule has 0 radical (unpaired) electrons. The highest BCUT2D eigenvalue weighted by atomic mass is 35.5. The molecule has 7 heteroatoms. The van der Waals surface area contributed by atoms with E-state index in [0.29, 0.717) is 17.1 Å². The second-order valence-corrected chi connectivity index (χ2v) is 9.33. The van der Waals surface area contributed by atoms with Gasteiger partial charge in [-0.25, -0.2) is 8.42 Å². The molecule has 1 saturated heterocycles. The molecule has 1 heterocycles. The number of sulfone groups is 1. The van der Waals surface area contributed by atoms with Crippen LogP contribution in [-0.2, 0) is 14.6 Å². The molecule has 0 spiro atoms. The molecule has 0 bridgehead atoms. The van der Waals surface area contributed by atoms with E-state index in [1.54, 1.807) is 12.1 Å². The van der Waals surface area contributed by atoms with Crippen LogP contribution in [0.15, 0.2) is 48.5 Å². The van der Waals surface area contributed by atoms with Crippen molar-refractivity contribution in [1.29, 1.82) is 0 Å². The Morgan fingerprint density at radius 3 is 2.58 bits per heavy atom. The quantitative estimate of drug-likeness (QED) is 0.816. The van der Waals surface area contributed by atoms with Gasteiger partial charge in [0, 0.05) is 22.7 Å². The molecular formula is C19H22ClN2O3S+. The number of benzene rings is 2. The SMILES string of the molecule is Cc1ccc(NC(=O)[C@H]([NH2+][C@@H]2CCS(=O)(=O)C2)c2ccccc2)cc1Cl. The van der Waals surface area contributed by atoms with E-state index in [0.717, 1.165) is 11.1 Å². The van der Waals surface area contributed by atoms with Gasteiger partial charge in [-0.3, -0.25) is 4.79 Å². The van der Waals surface area contributed by atoms with Crippen LogP contribution in [0.2, 0.25) is 5.02 Å². The number of quaternary nitrogens is 1. The molecule has 0 aliphatic carbocycles. The summed E-state index contributed by atoms with van der Waals surface area (Å²) < 4.78 is 23.5. The van der Waals surface area contributed by atoms with Crippen LogP contribution in [0.4, 0.5) is 5.69 Å². The number of anilines is 1. The van der Waals surface area contributed by atoms with Gasteiger partial charge in [-0.05, 0) is 24.6 Å². The predicted octanol–water partition coefficient (Wildman–Crippen LogP) is 2.08. The maximum Gasteiger partial charge on any atom is 0.287 e. The van der Waals surface area contributed by atoms with Crippen LogP contribution >= 0.6 is 11.6 Å². The van der Waals surface area contributed by atoms with E-state index in [9.17, 15) is 13.2 Å². The molecule has 1 aliphatic rings. The summed E-state index contributed by atoms with van der Waals surface area (Å²) in [5, 5.41) is 5.35. The molecule has 2 aromatic rings. The molecule has 5 nitrogen and oxygen atoms in total. The third-order valence-corrected chi connectivity index (χ3v) is 6.81. The zero-order valence-electron chi connectivity index (χ0n) is 14.5. The molecule has 0 aromatic heterocycles. The number of amides is 1. The number of aryl methyl sites for hydroxylation is 1. The van der Waals surface area contributed by atoms with Crippen molar-refractivity contribution in [1.82, 2.24) is 0 Å². The number of nitrogens with one attached hydrogen (secondary N) is 1. The number of rotatable bonds is 5. The monoisotopic (exact) mass is 393 g/mol. The van der Waals surface area contributed by atoms with Crippen molar-refractivity contribution in [3.8, 4) is 0 Å². The lowest BCUT2D eigenvalue weighted by Crippen LogP contribution is -2.93. The van der Waals surface area contributed by atoms with E-state index >= 15 is 0 Å². The first-order valence-electron chi connectivity index (χ1n) is 8.51. The van der Waals surface area contributed by atoms with Gasteiger partial charge in [0.2, 0.25) is 0 Å². The van der Waals surface area contributed by atoms with Crippen molar-refractivity contribution in [2.75, 3.05) is 16.8 Å². The number of hydrogen-bond acceptors (Lipinski definition) is 3. The third-order valence-electron chi connectivity index (χ3n) is 4.61. The van der Waals surface area contributed by atoms with E-state index in [-0.39, 0.29) is 23.5 Å². The summed E-state index contributed by atoms with van der Waals surface area (Å²) in [4.78, 5) is 12.9. The average molecular weight is 394 g/mol. The van der Waals surface area contributed by atoms with Crippen LogP contribution in [0, 0.1) is 6.92 Å². The average Bonchev–Trinajstić information content (AvgIpc) is 2.95. The van der Waals surface area contributed by atoms with Crippen LogP contribution in [0.1, 0.15) is 23.6 Å². The smallest absolute Gasteiger partial charge is 0.287 e. The van der Waals surface area contributed by atoms with Crippen molar-refractivity contribution < 1.29 is 18.5 Å². The number of nitrogens with two attached hydrogens (primary N) is 1. The highest BCUT2D eigenvalue weighted by Crippen LogP contribution is 2.21. The molecule has 2 atom stereocenters. The Labute approximate surface area is 158 Å². The van der Waals surface area contributed by atoms with Gasteiger partial charge in [0.15, 0.2) is 15.9 Å². The highest BCUT2D eigenvalue weighted by Gasteiger charge is 2.35. The maximum atomic E-state index is 12.9. The summed E-state index contributed by atoms with van der Waals surface area (Å²) in [6.45, 7) is 1.90. The fourth-order valence-electron chi connectivity index (χ4n) is 3.15. The van der Waals surface area contributed by atoms with Gasteiger partial charge >= 0.3 is 0 Å². The fraction of sp³-hybridized carbons (Fsp3) is 0.316. The van der Waals surface area contributed by atoms with Gasteiger partial charge < -0.3 is 10.6 Å². The maximum absolute atomic E-state index is 12.9. The van der Waals surface area contributed by atoms with E-state index in [1.165, 1.54) is 0 Å². The molecule has 0 saturated carbocycles. The second-order valence-electron chi connectivity index (χ2n) is 6.70. The van der Waals surface area contributed by atoms with E-state index < -0.39 is 15.9 Å². The molecule has 3 N–H and O–H groups in total. The van der Waals surface area contributed by atoms with E-state index in [2.05, 4.69) is 5.32 Å². The molecule has 1 amide bonds. The zero-order chi connectivity index (χ0) is 18.7. The standard InChI is InChI=1S/C19H21ClN2O3S/c1-13-7-8-15(11-17(13)20)22-19(23)18(14-5-3-2-4-6-14)21-16-9-10-26(24,25)12-16/h2-8,11,16,18,21H,9-10,12H2,1H3,(H,22,23)/p+1/t16-,18-/m1/s1. The van der Waals surface area contributed by atoms with Gasteiger partial charge in [-0.15, -0.1) is 0 Å². The molecule has 0 unspecified atom stereocenters.